The third-order valence-electron chi connectivity index (χ3n) is 3.90. The topological polar surface area (TPSA) is 71.1 Å². The summed E-state index contributed by atoms with van der Waals surface area (Å²) < 4.78 is 21.9. The quantitative estimate of drug-likeness (QED) is 0.312. The number of esters is 2. The fraction of sp³-hybridized carbons (Fsp3) is 0.250. The minimum absolute atomic E-state index is 0.0739. The van der Waals surface area contributed by atoms with Crippen LogP contribution in [0.4, 0.5) is 0 Å². The molecule has 0 saturated carbocycles. The zero-order valence-corrected chi connectivity index (χ0v) is 17.3. The van der Waals surface area contributed by atoms with Crippen LogP contribution in [0.3, 0.4) is 0 Å². The fourth-order valence-electron chi connectivity index (χ4n) is 2.43. The van der Waals surface area contributed by atoms with Crippen molar-refractivity contribution >= 4 is 11.9 Å². The smallest absolute Gasteiger partial charge is 0.333 e. The van der Waals surface area contributed by atoms with Crippen LogP contribution in [-0.2, 0) is 19.1 Å². The Labute approximate surface area is 176 Å². The molecule has 0 bridgehead atoms. The normalized spacial score (nSPS) is 10.1. The molecule has 0 aromatic heterocycles. The molecule has 0 aliphatic carbocycles. The van der Waals surface area contributed by atoms with Crippen LogP contribution in [0.5, 0.6) is 11.5 Å². The standard InChI is InChI=1S/C24H26O6/c1-17(2)23(25)29-15-13-27-21-12-8-11-20(19-9-6-5-7-10-19)22(21)28-14-16-30-24(26)18(3)4/h5-12H,1,3,13-16H2,2,4H3. The number of ether oxygens (including phenoxy) is 4. The summed E-state index contributed by atoms with van der Waals surface area (Å²) in [6, 6.07) is 15.2. The van der Waals surface area contributed by atoms with E-state index < -0.39 is 11.9 Å². The third-order valence-corrected chi connectivity index (χ3v) is 3.90. The van der Waals surface area contributed by atoms with Gasteiger partial charge in [-0.15, -0.1) is 0 Å². The van der Waals surface area contributed by atoms with Gasteiger partial charge in [-0.2, -0.15) is 0 Å². The minimum Gasteiger partial charge on any atom is -0.486 e. The summed E-state index contributed by atoms with van der Waals surface area (Å²) in [5, 5.41) is 0. The average Bonchev–Trinajstić information content (AvgIpc) is 2.74. The van der Waals surface area contributed by atoms with Crippen molar-refractivity contribution in [1.29, 1.82) is 0 Å². The van der Waals surface area contributed by atoms with Gasteiger partial charge in [0.05, 0.1) is 0 Å². The van der Waals surface area contributed by atoms with Crippen LogP contribution < -0.4 is 9.47 Å². The van der Waals surface area contributed by atoms with Gasteiger partial charge in [0.25, 0.3) is 0 Å². The average molecular weight is 410 g/mol. The number of carbonyl (C=O) groups excluding carboxylic acids is 2. The first-order valence-electron chi connectivity index (χ1n) is 9.49. The van der Waals surface area contributed by atoms with Gasteiger partial charge in [-0.25, -0.2) is 9.59 Å². The van der Waals surface area contributed by atoms with Gasteiger partial charge in [0.1, 0.15) is 26.4 Å². The van der Waals surface area contributed by atoms with Crippen LogP contribution in [0.25, 0.3) is 11.1 Å². The van der Waals surface area contributed by atoms with Crippen molar-refractivity contribution in [2.24, 2.45) is 0 Å². The highest BCUT2D eigenvalue weighted by atomic mass is 16.6. The highest BCUT2D eigenvalue weighted by Crippen LogP contribution is 2.38. The van der Waals surface area contributed by atoms with Gasteiger partial charge < -0.3 is 18.9 Å². The van der Waals surface area contributed by atoms with Crippen LogP contribution >= 0.6 is 0 Å². The number of hydrogen-bond donors (Lipinski definition) is 0. The Bertz CT molecular complexity index is 901. The van der Waals surface area contributed by atoms with Crippen LogP contribution in [-0.4, -0.2) is 38.4 Å². The maximum Gasteiger partial charge on any atom is 0.333 e. The lowest BCUT2D eigenvalue weighted by Crippen LogP contribution is -2.14. The largest absolute Gasteiger partial charge is 0.486 e. The van der Waals surface area contributed by atoms with E-state index in [0.29, 0.717) is 22.6 Å². The van der Waals surface area contributed by atoms with E-state index in [-0.39, 0.29) is 26.4 Å². The summed E-state index contributed by atoms with van der Waals surface area (Å²) in [4.78, 5) is 23.0. The van der Waals surface area contributed by atoms with Gasteiger partial charge in [0.15, 0.2) is 11.5 Å². The van der Waals surface area contributed by atoms with Crippen LogP contribution in [0.1, 0.15) is 13.8 Å². The molecular weight excluding hydrogens is 384 g/mol. The van der Waals surface area contributed by atoms with Gasteiger partial charge >= 0.3 is 11.9 Å². The lowest BCUT2D eigenvalue weighted by Gasteiger charge is -2.17. The van der Waals surface area contributed by atoms with Crippen molar-refractivity contribution in [3.05, 3.63) is 72.8 Å². The fourth-order valence-corrected chi connectivity index (χ4v) is 2.43. The highest BCUT2D eigenvalue weighted by molar-refractivity contribution is 5.87. The molecule has 6 nitrogen and oxygen atoms in total. The molecule has 0 aliphatic rings. The number of hydrogen-bond acceptors (Lipinski definition) is 6. The Morgan fingerprint density at radius 3 is 1.87 bits per heavy atom. The Kier molecular flexibility index (Phi) is 8.69. The van der Waals surface area contributed by atoms with Crippen LogP contribution in [0.2, 0.25) is 0 Å². The Balaban J connectivity index is 2.11. The molecule has 0 radical (unpaired) electrons. The van der Waals surface area contributed by atoms with Crippen molar-refractivity contribution < 1.29 is 28.5 Å². The molecule has 158 valence electrons. The number of benzene rings is 2. The minimum atomic E-state index is -0.467. The van der Waals surface area contributed by atoms with E-state index in [9.17, 15) is 9.59 Å². The van der Waals surface area contributed by atoms with Crippen LogP contribution in [0, 0.1) is 0 Å². The SMILES string of the molecule is C=C(C)C(=O)OCCOc1cccc(-c2ccccc2)c1OCCOC(=O)C(=C)C. The van der Waals surface area contributed by atoms with Gasteiger partial charge in [-0.05, 0) is 25.5 Å². The van der Waals surface area contributed by atoms with Gasteiger partial charge in [0, 0.05) is 16.7 Å². The van der Waals surface area contributed by atoms with Crippen LogP contribution in [0.15, 0.2) is 72.8 Å². The van der Waals surface area contributed by atoms with E-state index in [4.69, 9.17) is 18.9 Å². The lowest BCUT2D eigenvalue weighted by molar-refractivity contribution is -0.140. The second kappa shape index (κ2) is 11.5. The Morgan fingerprint density at radius 1 is 0.733 bits per heavy atom. The summed E-state index contributed by atoms with van der Waals surface area (Å²) in [6.45, 7) is 10.7. The van der Waals surface area contributed by atoms with Crippen molar-refractivity contribution in [1.82, 2.24) is 0 Å². The molecule has 0 fully saturated rings. The molecule has 0 amide bonds. The van der Waals surface area contributed by atoms with E-state index in [0.717, 1.165) is 11.1 Å². The third kappa shape index (κ3) is 6.81. The summed E-state index contributed by atoms with van der Waals surface area (Å²) >= 11 is 0. The van der Waals surface area contributed by atoms with Crippen molar-refractivity contribution in [3.8, 4) is 22.6 Å². The van der Waals surface area contributed by atoms with E-state index in [1.54, 1.807) is 19.9 Å². The first-order valence-corrected chi connectivity index (χ1v) is 9.49. The molecule has 0 unspecified atom stereocenters. The Hall–Kier alpha value is -3.54. The van der Waals surface area contributed by atoms with Gasteiger partial charge in [-0.3, -0.25) is 0 Å². The maximum atomic E-state index is 11.5. The zero-order valence-electron chi connectivity index (χ0n) is 17.3. The summed E-state index contributed by atoms with van der Waals surface area (Å²) in [6.07, 6.45) is 0. The van der Waals surface area contributed by atoms with Crippen molar-refractivity contribution in [2.75, 3.05) is 26.4 Å². The predicted molar refractivity (Wildman–Crippen MR) is 114 cm³/mol. The summed E-state index contributed by atoms with van der Waals surface area (Å²) in [7, 11) is 0. The van der Waals surface area contributed by atoms with Crippen molar-refractivity contribution in [3.63, 3.8) is 0 Å². The van der Waals surface area contributed by atoms with E-state index in [1.165, 1.54) is 0 Å². The summed E-state index contributed by atoms with van der Waals surface area (Å²) in [5.41, 5.74) is 2.44. The molecule has 2 rings (SSSR count). The number of para-hydroxylation sites is 1. The van der Waals surface area contributed by atoms with E-state index >= 15 is 0 Å². The number of carbonyl (C=O) groups is 2. The lowest BCUT2D eigenvalue weighted by atomic mass is 10.0. The predicted octanol–water partition coefficient (Wildman–Crippen LogP) is 4.35. The molecule has 0 spiro atoms. The second-order valence-corrected chi connectivity index (χ2v) is 6.53. The molecule has 2 aromatic rings. The van der Waals surface area contributed by atoms with Gasteiger partial charge in [-0.1, -0.05) is 55.6 Å². The maximum absolute atomic E-state index is 11.5. The molecule has 6 heteroatoms. The zero-order chi connectivity index (χ0) is 21.9. The highest BCUT2D eigenvalue weighted by Gasteiger charge is 2.14. The van der Waals surface area contributed by atoms with E-state index in [1.807, 2.05) is 42.5 Å². The van der Waals surface area contributed by atoms with Crippen molar-refractivity contribution in [2.45, 2.75) is 13.8 Å². The first-order chi connectivity index (χ1) is 14.4. The van der Waals surface area contributed by atoms with E-state index in [2.05, 4.69) is 13.2 Å². The molecule has 30 heavy (non-hydrogen) atoms. The molecular formula is C24H26O6. The molecule has 0 aliphatic heterocycles. The molecule has 0 atom stereocenters. The number of rotatable bonds is 11. The Morgan fingerprint density at radius 2 is 1.30 bits per heavy atom. The summed E-state index contributed by atoms with van der Waals surface area (Å²) in [5.74, 6) is 0.0773. The molecule has 0 heterocycles. The first kappa shape index (κ1) is 22.7. The molecule has 0 saturated heterocycles. The second-order valence-electron chi connectivity index (χ2n) is 6.53. The van der Waals surface area contributed by atoms with Gasteiger partial charge in [0.2, 0.25) is 0 Å². The molecule has 0 N–H and O–H groups in total. The monoisotopic (exact) mass is 410 g/mol. The molecule has 2 aromatic carbocycles.